The van der Waals surface area contributed by atoms with Crippen molar-refractivity contribution in [1.82, 2.24) is 4.98 Å². The largest absolute Gasteiger partial charge is 0.345 e. The van der Waals surface area contributed by atoms with E-state index in [-0.39, 0.29) is 0 Å². The summed E-state index contributed by atoms with van der Waals surface area (Å²) in [5.74, 6) is 1.53. The molecule has 0 amide bonds. The van der Waals surface area contributed by atoms with Crippen molar-refractivity contribution in [2.45, 2.75) is 31.2 Å². The maximum absolute atomic E-state index is 5.78. The van der Waals surface area contributed by atoms with Gasteiger partial charge in [0.1, 0.15) is 0 Å². The van der Waals surface area contributed by atoms with Crippen LogP contribution in [0.2, 0.25) is 0 Å². The molecule has 4 heteroatoms. The molecule has 1 saturated carbocycles. The van der Waals surface area contributed by atoms with Gasteiger partial charge in [-0.2, -0.15) is 0 Å². The summed E-state index contributed by atoms with van der Waals surface area (Å²) in [6, 6.07) is 0.773. The molecule has 2 nitrogen and oxygen atoms in total. The molecule has 2 unspecified atom stereocenters. The van der Waals surface area contributed by atoms with Gasteiger partial charge in [0.05, 0.1) is 5.88 Å². The molecule has 0 N–H and O–H groups in total. The summed E-state index contributed by atoms with van der Waals surface area (Å²) < 4.78 is 0. The maximum atomic E-state index is 5.78. The van der Waals surface area contributed by atoms with Crippen molar-refractivity contribution >= 4 is 28.1 Å². The predicted molar refractivity (Wildman–Crippen MR) is 60.1 cm³/mol. The van der Waals surface area contributed by atoms with Gasteiger partial charge in [-0.1, -0.05) is 0 Å². The highest BCUT2D eigenvalue weighted by molar-refractivity contribution is 7.15. The van der Waals surface area contributed by atoms with Crippen LogP contribution in [0.25, 0.3) is 0 Å². The van der Waals surface area contributed by atoms with Crippen LogP contribution in [-0.2, 0) is 5.88 Å². The Labute approximate surface area is 92.9 Å². The van der Waals surface area contributed by atoms with Gasteiger partial charge in [0.2, 0.25) is 0 Å². The standard InChI is InChI=1S/C10H13ClN2S/c11-4-9-5-12-10(14-9)13-6-7-1-2-8(13)3-7/h5,7-8H,1-4,6H2. The predicted octanol–water partition coefficient (Wildman–Crippen LogP) is 2.87. The fourth-order valence-corrected chi connectivity index (χ4v) is 3.72. The second kappa shape index (κ2) is 3.38. The van der Waals surface area contributed by atoms with Crippen LogP contribution in [0.4, 0.5) is 5.13 Å². The van der Waals surface area contributed by atoms with Crippen LogP contribution in [0.5, 0.6) is 0 Å². The first-order valence-electron chi connectivity index (χ1n) is 5.14. The van der Waals surface area contributed by atoms with E-state index in [0.717, 1.165) is 12.0 Å². The number of hydrogen-bond donors (Lipinski definition) is 0. The summed E-state index contributed by atoms with van der Waals surface area (Å²) >= 11 is 7.53. The number of fused-ring (bicyclic) bond motifs is 2. The third kappa shape index (κ3) is 1.34. The van der Waals surface area contributed by atoms with Gasteiger partial charge < -0.3 is 4.90 Å². The molecule has 2 atom stereocenters. The van der Waals surface area contributed by atoms with E-state index in [1.54, 1.807) is 11.3 Å². The Kier molecular flexibility index (Phi) is 2.17. The van der Waals surface area contributed by atoms with Crippen molar-refractivity contribution in [1.29, 1.82) is 0 Å². The van der Waals surface area contributed by atoms with E-state index in [9.17, 15) is 0 Å². The summed E-state index contributed by atoms with van der Waals surface area (Å²) in [5.41, 5.74) is 0. The Morgan fingerprint density at radius 1 is 1.57 bits per heavy atom. The van der Waals surface area contributed by atoms with Crippen molar-refractivity contribution in [2.24, 2.45) is 5.92 Å². The zero-order chi connectivity index (χ0) is 9.54. The topological polar surface area (TPSA) is 16.1 Å². The molecule has 2 bridgehead atoms. The van der Waals surface area contributed by atoms with Gasteiger partial charge in [-0.05, 0) is 25.2 Å². The van der Waals surface area contributed by atoms with Crippen molar-refractivity contribution in [3.8, 4) is 0 Å². The van der Waals surface area contributed by atoms with Crippen LogP contribution < -0.4 is 4.90 Å². The Bertz CT molecular complexity index is 339. The van der Waals surface area contributed by atoms with Gasteiger partial charge in [-0.25, -0.2) is 4.98 Å². The number of thiazole rings is 1. The highest BCUT2D eigenvalue weighted by atomic mass is 35.5. The zero-order valence-electron chi connectivity index (χ0n) is 7.95. The lowest BCUT2D eigenvalue weighted by atomic mass is 10.1. The average molecular weight is 229 g/mol. The molecule has 2 fully saturated rings. The number of anilines is 1. The van der Waals surface area contributed by atoms with E-state index in [1.165, 1.54) is 35.8 Å². The molecular formula is C10H13ClN2S. The fourth-order valence-electron chi connectivity index (χ4n) is 2.65. The molecule has 0 radical (unpaired) electrons. The number of piperidine rings is 1. The third-order valence-electron chi connectivity index (χ3n) is 3.33. The monoisotopic (exact) mass is 228 g/mol. The fraction of sp³-hybridized carbons (Fsp3) is 0.700. The van der Waals surface area contributed by atoms with Crippen molar-refractivity contribution in [3.05, 3.63) is 11.1 Å². The molecule has 1 saturated heterocycles. The first kappa shape index (κ1) is 8.98. The number of aromatic nitrogens is 1. The third-order valence-corrected chi connectivity index (χ3v) is 4.81. The van der Waals surface area contributed by atoms with Gasteiger partial charge in [0.15, 0.2) is 5.13 Å². The van der Waals surface area contributed by atoms with E-state index < -0.39 is 0 Å². The van der Waals surface area contributed by atoms with Crippen LogP contribution in [0.15, 0.2) is 6.20 Å². The smallest absolute Gasteiger partial charge is 0.185 e. The second-order valence-electron chi connectivity index (χ2n) is 4.23. The van der Waals surface area contributed by atoms with Crippen LogP contribution >= 0.6 is 22.9 Å². The molecule has 14 heavy (non-hydrogen) atoms. The van der Waals surface area contributed by atoms with Crippen LogP contribution in [0, 0.1) is 5.92 Å². The molecular weight excluding hydrogens is 216 g/mol. The van der Waals surface area contributed by atoms with Crippen LogP contribution in [-0.4, -0.2) is 17.6 Å². The van der Waals surface area contributed by atoms with Crippen LogP contribution in [0.3, 0.4) is 0 Å². The minimum absolute atomic E-state index is 0.597. The molecule has 1 aromatic heterocycles. The number of hydrogen-bond acceptors (Lipinski definition) is 3. The van der Waals surface area contributed by atoms with E-state index in [0.29, 0.717) is 5.88 Å². The van der Waals surface area contributed by atoms with Gasteiger partial charge in [0.25, 0.3) is 0 Å². The lowest BCUT2D eigenvalue weighted by molar-refractivity contribution is 0.553. The zero-order valence-corrected chi connectivity index (χ0v) is 9.52. The van der Waals surface area contributed by atoms with Gasteiger partial charge >= 0.3 is 0 Å². The Balaban J connectivity index is 1.82. The summed E-state index contributed by atoms with van der Waals surface area (Å²) in [6.45, 7) is 1.22. The van der Waals surface area contributed by atoms with E-state index in [2.05, 4.69) is 9.88 Å². The minimum Gasteiger partial charge on any atom is -0.345 e. The molecule has 2 aliphatic rings. The average Bonchev–Trinajstić information content (AvgIpc) is 2.93. The van der Waals surface area contributed by atoms with Crippen molar-refractivity contribution in [3.63, 3.8) is 0 Å². The summed E-state index contributed by atoms with van der Waals surface area (Å²) in [7, 11) is 0. The molecule has 0 spiro atoms. The lowest BCUT2D eigenvalue weighted by Gasteiger charge is -2.26. The highest BCUT2D eigenvalue weighted by Gasteiger charge is 2.38. The molecule has 0 aromatic carbocycles. The molecule has 2 heterocycles. The van der Waals surface area contributed by atoms with Crippen molar-refractivity contribution in [2.75, 3.05) is 11.4 Å². The molecule has 1 aliphatic carbocycles. The second-order valence-corrected chi connectivity index (χ2v) is 5.59. The maximum Gasteiger partial charge on any atom is 0.185 e. The van der Waals surface area contributed by atoms with E-state index in [4.69, 9.17) is 11.6 Å². The first-order chi connectivity index (χ1) is 6.86. The number of rotatable bonds is 2. The quantitative estimate of drug-likeness (QED) is 0.724. The Hall–Kier alpha value is -0.280. The number of nitrogens with zero attached hydrogens (tertiary/aromatic N) is 2. The Morgan fingerprint density at radius 3 is 3.07 bits per heavy atom. The normalized spacial score (nSPS) is 30.2. The van der Waals surface area contributed by atoms with Gasteiger partial charge in [-0.3, -0.25) is 0 Å². The van der Waals surface area contributed by atoms with Gasteiger partial charge in [0, 0.05) is 23.7 Å². The summed E-state index contributed by atoms with van der Waals surface area (Å²) in [5, 5.41) is 1.19. The van der Waals surface area contributed by atoms with Gasteiger partial charge in [-0.15, -0.1) is 22.9 Å². The molecule has 1 aliphatic heterocycles. The Morgan fingerprint density at radius 2 is 2.50 bits per heavy atom. The lowest BCUT2D eigenvalue weighted by Crippen LogP contribution is -2.31. The molecule has 1 aromatic rings. The minimum atomic E-state index is 0.597. The molecule has 76 valence electrons. The van der Waals surface area contributed by atoms with E-state index >= 15 is 0 Å². The summed E-state index contributed by atoms with van der Waals surface area (Å²) in [6.07, 6.45) is 6.09. The summed E-state index contributed by atoms with van der Waals surface area (Å²) in [4.78, 5) is 8.11. The SMILES string of the molecule is ClCc1cnc(N2CC3CCC2C3)s1. The molecule has 3 rings (SSSR count). The van der Waals surface area contributed by atoms with Crippen molar-refractivity contribution < 1.29 is 0 Å². The highest BCUT2D eigenvalue weighted by Crippen LogP contribution is 2.41. The first-order valence-corrected chi connectivity index (χ1v) is 6.49. The number of halogens is 1. The van der Waals surface area contributed by atoms with Crippen LogP contribution in [0.1, 0.15) is 24.1 Å². The number of alkyl halides is 1. The van der Waals surface area contributed by atoms with E-state index in [1.807, 2.05) is 6.20 Å².